The highest BCUT2D eigenvalue weighted by molar-refractivity contribution is 7.92. The molecule has 0 bridgehead atoms. The fraction of sp³-hybridized carbons (Fsp3) is 0.308. The first-order valence-corrected chi connectivity index (χ1v) is 7.67. The second-order valence-corrected chi connectivity index (χ2v) is 6.34. The van der Waals surface area contributed by atoms with Crippen molar-refractivity contribution in [3.8, 4) is 0 Å². The van der Waals surface area contributed by atoms with E-state index in [0.717, 1.165) is 11.1 Å². The highest BCUT2D eigenvalue weighted by atomic mass is 32.2. The summed E-state index contributed by atoms with van der Waals surface area (Å²) in [5.74, 6) is 0. The standard InChI is InChI=1S/C13H18N4O2S/c1-8-4-5-11(7-14)6-12(8)17-20(18,19)13-9(2)15-16-10(13)3/h4-6,17H,7,14H2,1-3H3,(H,15,16). The van der Waals surface area contributed by atoms with Crippen molar-refractivity contribution >= 4 is 15.7 Å². The molecule has 0 unspecified atom stereocenters. The summed E-state index contributed by atoms with van der Waals surface area (Å²) in [5, 5.41) is 6.59. The maximum atomic E-state index is 12.5. The van der Waals surface area contributed by atoms with Crippen molar-refractivity contribution in [3.63, 3.8) is 0 Å². The van der Waals surface area contributed by atoms with Gasteiger partial charge in [0.25, 0.3) is 10.0 Å². The second kappa shape index (κ2) is 5.26. The number of nitrogens with zero attached hydrogens (tertiary/aromatic N) is 1. The van der Waals surface area contributed by atoms with E-state index in [1.807, 2.05) is 19.1 Å². The summed E-state index contributed by atoms with van der Waals surface area (Å²) in [4.78, 5) is 0.190. The van der Waals surface area contributed by atoms with E-state index in [1.54, 1.807) is 19.9 Å². The molecule has 20 heavy (non-hydrogen) atoms. The normalized spacial score (nSPS) is 11.6. The number of benzene rings is 1. The minimum atomic E-state index is -3.66. The van der Waals surface area contributed by atoms with Crippen molar-refractivity contribution in [1.29, 1.82) is 0 Å². The third kappa shape index (κ3) is 2.68. The summed E-state index contributed by atoms with van der Waals surface area (Å²) in [6, 6.07) is 5.47. The molecule has 108 valence electrons. The Labute approximate surface area is 118 Å². The Balaban J connectivity index is 2.43. The first kappa shape index (κ1) is 14.5. The third-order valence-electron chi connectivity index (χ3n) is 3.11. The van der Waals surface area contributed by atoms with Gasteiger partial charge in [-0.05, 0) is 38.0 Å². The third-order valence-corrected chi connectivity index (χ3v) is 4.74. The zero-order valence-corrected chi connectivity index (χ0v) is 12.5. The fourth-order valence-electron chi connectivity index (χ4n) is 2.04. The Morgan fingerprint density at radius 1 is 1.30 bits per heavy atom. The highest BCUT2D eigenvalue weighted by Gasteiger charge is 2.22. The molecule has 4 N–H and O–H groups in total. The molecule has 0 radical (unpaired) electrons. The number of aryl methyl sites for hydroxylation is 3. The predicted octanol–water partition coefficient (Wildman–Crippen LogP) is 1.59. The molecule has 0 aliphatic carbocycles. The molecular weight excluding hydrogens is 276 g/mol. The van der Waals surface area contributed by atoms with Crippen LogP contribution in [0.3, 0.4) is 0 Å². The number of aromatic amines is 1. The van der Waals surface area contributed by atoms with E-state index in [0.29, 0.717) is 23.6 Å². The molecule has 0 atom stereocenters. The van der Waals surface area contributed by atoms with Crippen LogP contribution >= 0.6 is 0 Å². The van der Waals surface area contributed by atoms with Gasteiger partial charge in [0.05, 0.1) is 17.1 Å². The zero-order chi connectivity index (χ0) is 14.9. The Morgan fingerprint density at radius 3 is 2.55 bits per heavy atom. The minimum absolute atomic E-state index is 0.190. The lowest BCUT2D eigenvalue weighted by Gasteiger charge is -2.12. The predicted molar refractivity (Wildman–Crippen MR) is 77.9 cm³/mol. The van der Waals surface area contributed by atoms with Crippen LogP contribution in [0.5, 0.6) is 0 Å². The SMILES string of the molecule is Cc1ccc(CN)cc1NS(=O)(=O)c1c(C)n[nH]c1C. The van der Waals surface area contributed by atoms with Gasteiger partial charge in [-0.15, -0.1) is 0 Å². The van der Waals surface area contributed by atoms with Gasteiger partial charge in [0.1, 0.15) is 4.90 Å². The number of anilines is 1. The average molecular weight is 294 g/mol. The van der Waals surface area contributed by atoms with Gasteiger partial charge in [-0.25, -0.2) is 8.42 Å². The molecule has 0 aliphatic heterocycles. The van der Waals surface area contributed by atoms with Crippen LogP contribution in [-0.2, 0) is 16.6 Å². The molecule has 0 saturated heterocycles. The molecular formula is C13H18N4O2S. The van der Waals surface area contributed by atoms with Crippen LogP contribution in [0.2, 0.25) is 0 Å². The lowest BCUT2D eigenvalue weighted by Crippen LogP contribution is -2.15. The summed E-state index contributed by atoms with van der Waals surface area (Å²) < 4.78 is 27.5. The van der Waals surface area contributed by atoms with Crippen LogP contribution < -0.4 is 10.5 Å². The summed E-state index contributed by atoms with van der Waals surface area (Å²) in [7, 11) is -3.66. The van der Waals surface area contributed by atoms with Gasteiger partial charge in [0.15, 0.2) is 0 Å². The number of nitrogens with two attached hydrogens (primary N) is 1. The number of nitrogens with one attached hydrogen (secondary N) is 2. The van der Waals surface area contributed by atoms with Crippen molar-refractivity contribution in [2.75, 3.05) is 4.72 Å². The minimum Gasteiger partial charge on any atom is -0.326 e. The quantitative estimate of drug-likeness (QED) is 0.797. The number of rotatable bonds is 4. The number of hydrogen-bond donors (Lipinski definition) is 3. The summed E-state index contributed by atoms with van der Waals surface area (Å²) in [5.41, 5.74) is 8.79. The highest BCUT2D eigenvalue weighted by Crippen LogP contribution is 2.23. The number of aromatic nitrogens is 2. The smallest absolute Gasteiger partial charge is 0.265 e. The first-order chi connectivity index (χ1) is 9.35. The van der Waals surface area contributed by atoms with Crippen molar-refractivity contribution in [3.05, 3.63) is 40.7 Å². The van der Waals surface area contributed by atoms with Crippen molar-refractivity contribution in [2.24, 2.45) is 5.73 Å². The van der Waals surface area contributed by atoms with Crippen LogP contribution in [0.15, 0.2) is 23.1 Å². The van der Waals surface area contributed by atoms with E-state index < -0.39 is 10.0 Å². The number of H-pyrrole nitrogens is 1. The van der Waals surface area contributed by atoms with Crippen LogP contribution in [0, 0.1) is 20.8 Å². The van der Waals surface area contributed by atoms with E-state index in [4.69, 9.17) is 5.73 Å². The fourth-order valence-corrected chi connectivity index (χ4v) is 3.53. The maximum Gasteiger partial charge on any atom is 0.265 e. The lowest BCUT2D eigenvalue weighted by molar-refractivity contribution is 0.600. The summed E-state index contributed by atoms with van der Waals surface area (Å²) in [6.45, 7) is 5.53. The van der Waals surface area contributed by atoms with Gasteiger partial charge in [0.2, 0.25) is 0 Å². The van der Waals surface area contributed by atoms with Crippen LogP contribution in [0.1, 0.15) is 22.5 Å². The monoisotopic (exact) mass is 294 g/mol. The van der Waals surface area contributed by atoms with Gasteiger partial charge in [-0.1, -0.05) is 12.1 Å². The van der Waals surface area contributed by atoms with Gasteiger partial charge in [0, 0.05) is 6.54 Å². The van der Waals surface area contributed by atoms with Gasteiger partial charge in [-0.2, -0.15) is 5.10 Å². The number of hydrogen-bond acceptors (Lipinski definition) is 4. The molecule has 1 aromatic heterocycles. The van der Waals surface area contributed by atoms with Gasteiger partial charge in [-0.3, -0.25) is 9.82 Å². The molecule has 7 heteroatoms. The molecule has 2 rings (SSSR count). The molecule has 0 spiro atoms. The molecule has 0 saturated carbocycles. The lowest BCUT2D eigenvalue weighted by atomic mass is 10.1. The summed E-state index contributed by atoms with van der Waals surface area (Å²) >= 11 is 0. The summed E-state index contributed by atoms with van der Waals surface area (Å²) in [6.07, 6.45) is 0. The van der Waals surface area contributed by atoms with Crippen molar-refractivity contribution < 1.29 is 8.42 Å². The van der Waals surface area contributed by atoms with Gasteiger partial charge < -0.3 is 5.73 Å². The van der Waals surface area contributed by atoms with E-state index in [1.165, 1.54) is 0 Å². The van der Waals surface area contributed by atoms with Crippen LogP contribution in [0.25, 0.3) is 0 Å². The Hall–Kier alpha value is -1.86. The second-order valence-electron chi connectivity index (χ2n) is 4.72. The van der Waals surface area contributed by atoms with Crippen molar-refractivity contribution in [1.82, 2.24) is 10.2 Å². The van der Waals surface area contributed by atoms with E-state index in [9.17, 15) is 8.42 Å². The van der Waals surface area contributed by atoms with E-state index >= 15 is 0 Å². The zero-order valence-electron chi connectivity index (χ0n) is 11.7. The van der Waals surface area contributed by atoms with Crippen LogP contribution in [0.4, 0.5) is 5.69 Å². The molecule has 0 aliphatic rings. The first-order valence-electron chi connectivity index (χ1n) is 6.19. The van der Waals surface area contributed by atoms with E-state index in [2.05, 4.69) is 14.9 Å². The van der Waals surface area contributed by atoms with Crippen molar-refractivity contribution in [2.45, 2.75) is 32.2 Å². The maximum absolute atomic E-state index is 12.5. The Bertz CT molecular complexity index is 715. The number of sulfonamides is 1. The van der Waals surface area contributed by atoms with E-state index in [-0.39, 0.29) is 4.90 Å². The molecule has 2 aromatic rings. The molecule has 0 fully saturated rings. The molecule has 6 nitrogen and oxygen atoms in total. The Kier molecular flexibility index (Phi) is 3.82. The largest absolute Gasteiger partial charge is 0.326 e. The average Bonchev–Trinajstić information content (AvgIpc) is 2.72. The molecule has 1 aromatic carbocycles. The molecule has 1 heterocycles. The van der Waals surface area contributed by atoms with Crippen LogP contribution in [-0.4, -0.2) is 18.6 Å². The topological polar surface area (TPSA) is 101 Å². The van der Waals surface area contributed by atoms with Gasteiger partial charge >= 0.3 is 0 Å². The molecule has 0 amide bonds. The Morgan fingerprint density at radius 2 is 2.00 bits per heavy atom.